The molecule has 0 aromatic heterocycles. The molecule has 19 heavy (non-hydrogen) atoms. The van der Waals surface area contributed by atoms with Crippen LogP contribution >= 0.6 is 0 Å². The van der Waals surface area contributed by atoms with Crippen molar-refractivity contribution >= 4 is 5.69 Å². The lowest BCUT2D eigenvalue weighted by Crippen LogP contribution is -2.55. The number of nitriles is 1. The van der Waals surface area contributed by atoms with E-state index < -0.39 is 0 Å². The number of piperazine rings is 1. The Morgan fingerprint density at radius 1 is 1.53 bits per heavy atom. The molecule has 2 atom stereocenters. The summed E-state index contributed by atoms with van der Waals surface area (Å²) in [5.74, 6) is 0.877. The molecule has 4 nitrogen and oxygen atoms in total. The average Bonchev–Trinajstić information content (AvgIpc) is 2.41. The highest BCUT2D eigenvalue weighted by Crippen LogP contribution is 2.32. The minimum absolute atomic E-state index is 0.205. The summed E-state index contributed by atoms with van der Waals surface area (Å²) in [5.41, 5.74) is 2.30. The molecule has 0 spiro atoms. The SMILES string of the molecule is COc1ccc(C)cc1N1CC(C)NCC1CC#N. The van der Waals surface area contributed by atoms with Crippen LogP contribution in [0.2, 0.25) is 0 Å². The number of ether oxygens (including phenoxy) is 1. The summed E-state index contributed by atoms with van der Waals surface area (Å²) in [6.07, 6.45) is 0.525. The monoisotopic (exact) mass is 259 g/mol. The van der Waals surface area contributed by atoms with E-state index in [1.54, 1.807) is 7.11 Å². The van der Waals surface area contributed by atoms with Gasteiger partial charge >= 0.3 is 0 Å². The van der Waals surface area contributed by atoms with E-state index in [-0.39, 0.29) is 6.04 Å². The Kier molecular flexibility index (Phi) is 4.28. The van der Waals surface area contributed by atoms with E-state index in [0.29, 0.717) is 12.5 Å². The van der Waals surface area contributed by atoms with Crippen molar-refractivity contribution in [2.24, 2.45) is 0 Å². The molecule has 0 amide bonds. The number of hydrogen-bond donors (Lipinski definition) is 1. The van der Waals surface area contributed by atoms with E-state index >= 15 is 0 Å². The molecule has 0 radical (unpaired) electrons. The smallest absolute Gasteiger partial charge is 0.142 e. The van der Waals surface area contributed by atoms with Crippen LogP contribution in [0.1, 0.15) is 18.9 Å². The van der Waals surface area contributed by atoms with E-state index in [1.807, 2.05) is 12.1 Å². The van der Waals surface area contributed by atoms with Crippen LogP contribution < -0.4 is 15.0 Å². The second kappa shape index (κ2) is 5.94. The first-order valence-electron chi connectivity index (χ1n) is 6.67. The lowest BCUT2D eigenvalue weighted by molar-refractivity contribution is 0.390. The Balaban J connectivity index is 2.35. The Bertz CT molecular complexity index is 481. The van der Waals surface area contributed by atoms with Crippen LogP contribution in [0.5, 0.6) is 5.75 Å². The molecule has 102 valence electrons. The molecule has 1 fully saturated rings. The first kappa shape index (κ1) is 13.7. The number of methoxy groups -OCH3 is 1. The van der Waals surface area contributed by atoms with Crippen LogP contribution in [0.15, 0.2) is 18.2 Å². The number of aryl methyl sites for hydroxylation is 1. The molecule has 4 heteroatoms. The Hall–Kier alpha value is -1.73. The van der Waals surface area contributed by atoms with Crippen molar-refractivity contribution in [3.8, 4) is 11.8 Å². The molecule has 0 bridgehead atoms. The van der Waals surface area contributed by atoms with Gasteiger partial charge in [0.2, 0.25) is 0 Å². The number of nitrogens with zero attached hydrogens (tertiary/aromatic N) is 2. The van der Waals surface area contributed by atoms with Gasteiger partial charge in [0, 0.05) is 19.1 Å². The van der Waals surface area contributed by atoms with Crippen molar-refractivity contribution < 1.29 is 4.74 Å². The van der Waals surface area contributed by atoms with E-state index in [0.717, 1.165) is 24.5 Å². The van der Waals surface area contributed by atoms with E-state index in [2.05, 4.69) is 36.2 Å². The van der Waals surface area contributed by atoms with Gasteiger partial charge in [-0.15, -0.1) is 0 Å². The average molecular weight is 259 g/mol. The van der Waals surface area contributed by atoms with E-state index in [1.165, 1.54) is 5.56 Å². The quantitative estimate of drug-likeness (QED) is 0.903. The molecule has 2 rings (SSSR count). The summed E-state index contributed by atoms with van der Waals surface area (Å²) in [5, 5.41) is 12.4. The third-order valence-corrected chi connectivity index (χ3v) is 3.58. The highest BCUT2D eigenvalue weighted by molar-refractivity contribution is 5.61. The van der Waals surface area contributed by atoms with Crippen molar-refractivity contribution in [1.29, 1.82) is 5.26 Å². The molecule has 0 saturated carbocycles. The van der Waals surface area contributed by atoms with Gasteiger partial charge < -0.3 is 15.0 Å². The second-order valence-electron chi connectivity index (χ2n) is 5.15. The normalized spacial score (nSPS) is 22.9. The Morgan fingerprint density at radius 2 is 2.32 bits per heavy atom. The topological polar surface area (TPSA) is 48.3 Å². The molecule has 1 saturated heterocycles. The zero-order valence-corrected chi connectivity index (χ0v) is 11.8. The lowest BCUT2D eigenvalue weighted by Gasteiger charge is -2.40. The molecular formula is C15H21N3O. The predicted octanol–water partition coefficient (Wildman–Crippen LogP) is 2.08. The first-order chi connectivity index (χ1) is 9.15. The van der Waals surface area contributed by atoms with Crippen LogP contribution in [0, 0.1) is 18.3 Å². The van der Waals surface area contributed by atoms with Crippen LogP contribution in [0.3, 0.4) is 0 Å². The van der Waals surface area contributed by atoms with Crippen molar-refractivity contribution in [3.05, 3.63) is 23.8 Å². The van der Waals surface area contributed by atoms with Crippen LogP contribution in [-0.2, 0) is 0 Å². The number of nitrogens with one attached hydrogen (secondary N) is 1. The fraction of sp³-hybridized carbons (Fsp3) is 0.533. The number of rotatable bonds is 3. The van der Waals surface area contributed by atoms with Gasteiger partial charge in [0.05, 0.1) is 31.3 Å². The maximum absolute atomic E-state index is 8.99. The van der Waals surface area contributed by atoms with Gasteiger partial charge in [0.25, 0.3) is 0 Å². The third-order valence-electron chi connectivity index (χ3n) is 3.58. The van der Waals surface area contributed by atoms with Crippen molar-refractivity contribution in [3.63, 3.8) is 0 Å². The van der Waals surface area contributed by atoms with E-state index in [9.17, 15) is 0 Å². The zero-order chi connectivity index (χ0) is 13.8. The van der Waals surface area contributed by atoms with Gasteiger partial charge in [0.15, 0.2) is 0 Å². The van der Waals surface area contributed by atoms with Crippen LogP contribution in [0.25, 0.3) is 0 Å². The van der Waals surface area contributed by atoms with Gasteiger partial charge in [0.1, 0.15) is 5.75 Å². The first-order valence-corrected chi connectivity index (χ1v) is 6.67. The zero-order valence-electron chi connectivity index (χ0n) is 11.8. The van der Waals surface area contributed by atoms with Gasteiger partial charge in [-0.05, 0) is 31.5 Å². The van der Waals surface area contributed by atoms with E-state index in [4.69, 9.17) is 10.00 Å². The third kappa shape index (κ3) is 2.99. The second-order valence-corrected chi connectivity index (χ2v) is 5.15. The maximum atomic E-state index is 8.99. The Morgan fingerprint density at radius 3 is 3.00 bits per heavy atom. The minimum atomic E-state index is 0.205. The minimum Gasteiger partial charge on any atom is -0.495 e. The standard InChI is InChI=1S/C15H21N3O/c1-11-4-5-15(19-3)14(8-11)18-10-12(2)17-9-13(18)6-7-16/h4-5,8,12-13,17H,6,9-10H2,1-3H3. The van der Waals surface area contributed by atoms with Gasteiger partial charge in [-0.25, -0.2) is 0 Å². The molecule has 1 N–H and O–H groups in total. The molecule has 1 aromatic rings. The number of anilines is 1. The van der Waals surface area contributed by atoms with Gasteiger partial charge in [-0.2, -0.15) is 5.26 Å². The molecule has 1 heterocycles. The van der Waals surface area contributed by atoms with Crippen LogP contribution in [0.4, 0.5) is 5.69 Å². The molecule has 2 unspecified atom stereocenters. The summed E-state index contributed by atoms with van der Waals surface area (Å²) in [4.78, 5) is 2.30. The fourth-order valence-corrected chi connectivity index (χ4v) is 2.56. The van der Waals surface area contributed by atoms with Gasteiger partial charge in [-0.3, -0.25) is 0 Å². The molecular weight excluding hydrogens is 238 g/mol. The summed E-state index contributed by atoms with van der Waals surface area (Å²) >= 11 is 0. The highest BCUT2D eigenvalue weighted by Gasteiger charge is 2.27. The van der Waals surface area contributed by atoms with Crippen molar-refractivity contribution in [2.75, 3.05) is 25.1 Å². The molecule has 1 aromatic carbocycles. The largest absolute Gasteiger partial charge is 0.495 e. The highest BCUT2D eigenvalue weighted by atomic mass is 16.5. The Labute approximate surface area is 115 Å². The predicted molar refractivity (Wildman–Crippen MR) is 76.6 cm³/mol. The summed E-state index contributed by atoms with van der Waals surface area (Å²) in [6, 6.07) is 9.09. The molecule has 1 aliphatic rings. The summed E-state index contributed by atoms with van der Waals surface area (Å²) in [7, 11) is 1.69. The fourth-order valence-electron chi connectivity index (χ4n) is 2.56. The molecule has 0 aliphatic carbocycles. The van der Waals surface area contributed by atoms with Gasteiger partial charge in [-0.1, -0.05) is 6.07 Å². The van der Waals surface area contributed by atoms with Crippen molar-refractivity contribution in [1.82, 2.24) is 5.32 Å². The maximum Gasteiger partial charge on any atom is 0.142 e. The van der Waals surface area contributed by atoms with Crippen molar-refractivity contribution in [2.45, 2.75) is 32.4 Å². The summed E-state index contributed by atoms with van der Waals surface area (Å²) in [6.45, 7) is 5.98. The number of hydrogen-bond acceptors (Lipinski definition) is 4. The lowest BCUT2D eigenvalue weighted by atomic mass is 10.0. The van der Waals surface area contributed by atoms with Crippen LogP contribution in [-0.4, -0.2) is 32.3 Å². The summed E-state index contributed by atoms with van der Waals surface area (Å²) < 4.78 is 5.47. The molecule has 1 aliphatic heterocycles. The number of benzene rings is 1.